The van der Waals surface area contributed by atoms with Crippen molar-refractivity contribution in [1.29, 1.82) is 5.26 Å². The number of aliphatic hydroxyl groups is 1. The third kappa shape index (κ3) is 2.97. The van der Waals surface area contributed by atoms with Crippen molar-refractivity contribution in [2.24, 2.45) is 7.05 Å². The first-order valence-corrected chi connectivity index (χ1v) is 7.81. The quantitative estimate of drug-likeness (QED) is 0.743. The van der Waals surface area contributed by atoms with Crippen molar-refractivity contribution in [2.45, 2.75) is 20.4 Å². The van der Waals surface area contributed by atoms with E-state index in [1.807, 2.05) is 33.2 Å². The van der Waals surface area contributed by atoms with E-state index in [1.165, 1.54) is 0 Å². The number of aliphatic hydroxyl groups excluding tert-OH is 1. The van der Waals surface area contributed by atoms with Crippen LogP contribution in [-0.4, -0.2) is 36.3 Å². The number of nitrogens with zero attached hydrogens (tertiary/aromatic N) is 6. The van der Waals surface area contributed by atoms with Crippen LogP contribution in [0, 0.1) is 25.2 Å². The van der Waals surface area contributed by atoms with Gasteiger partial charge in [-0.1, -0.05) is 0 Å². The molecule has 3 heterocycles. The largest absolute Gasteiger partial charge is 0.394 e. The summed E-state index contributed by atoms with van der Waals surface area (Å²) < 4.78 is 3.36. The minimum atomic E-state index is -0.00964. The van der Waals surface area contributed by atoms with Crippen LogP contribution in [0.4, 0.5) is 5.82 Å². The number of aromatic nitrogens is 5. The molecule has 0 unspecified atom stereocenters. The van der Waals surface area contributed by atoms with Crippen LogP contribution in [0.3, 0.4) is 0 Å². The van der Waals surface area contributed by atoms with Crippen molar-refractivity contribution < 1.29 is 5.11 Å². The Hall–Kier alpha value is -3.18. The van der Waals surface area contributed by atoms with Crippen LogP contribution < -0.4 is 5.73 Å². The average molecular weight is 337 g/mol. The normalized spacial score (nSPS) is 10.8. The molecule has 0 amide bonds. The van der Waals surface area contributed by atoms with Crippen LogP contribution in [-0.2, 0) is 13.6 Å². The molecule has 25 heavy (non-hydrogen) atoms. The third-order valence-corrected chi connectivity index (χ3v) is 4.01. The number of hydrogen-bond donors (Lipinski definition) is 2. The molecule has 128 valence electrons. The maximum absolute atomic E-state index is 9.53. The molecular formula is C17H19N7O. The summed E-state index contributed by atoms with van der Waals surface area (Å²) in [5.41, 5.74) is 10.9. The zero-order valence-corrected chi connectivity index (χ0v) is 14.4. The molecule has 0 fully saturated rings. The van der Waals surface area contributed by atoms with Gasteiger partial charge < -0.3 is 10.8 Å². The van der Waals surface area contributed by atoms with Crippen molar-refractivity contribution >= 4 is 5.82 Å². The number of nitrogens with two attached hydrogens (primary N) is 1. The molecule has 0 saturated carbocycles. The molecule has 0 atom stereocenters. The smallest absolute Gasteiger partial charge is 0.142 e. The van der Waals surface area contributed by atoms with E-state index in [1.54, 1.807) is 15.6 Å². The molecule has 8 nitrogen and oxygen atoms in total. The van der Waals surface area contributed by atoms with E-state index in [2.05, 4.69) is 21.3 Å². The topological polar surface area (TPSA) is 119 Å². The SMILES string of the molecule is Cc1nn(C)cc1-c1cc(-c2cn(CCO)nc2C)c(C#N)c(N)n1. The van der Waals surface area contributed by atoms with E-state index < -0.39 is 0 Å². The van der Waals surface area contributed by atoms with Gasteiger partial charge in [0.05, 0.1) is 30.2 Å². The van der Waals surface area contributed by atoms with Gasteiger partial charge in [-0.2, -0.15) is 15.5 Å². The summed E-state index contributed by atoms with van der Waals surface area (Å²) in [6.07, 6.45) is 3.68. The van der Waals surface area contributed by atoms with E-state index in [0.29, 0.717) is 23.4 Å². The first-order chi connectivity index (χ1) is 11.9. The maximum atomic E-state index is 9.53. The molecule has 0 aliphatic carbocycles. The molecule has 0 saturated heterocycles. The van der Waals surface area contributed by atoms with E-state index in [0.717, 1.165) is 22.5 Å². The summed E-state index contributed by atoms with van der Waals surface area (Å²) in [5, 5.41) is 27.3. The Morgan fingerprint density at radius 1 is 1.16 bits per heavy atom. The summed E-state index contributed by atoms with van der Waals surface area (Å²) in [6.45, 7) is 4.13. The minimum absolute atomic E-state index is 0.00964. The van der Waals surface area contributed by atoms with Crippen molar-refractivity contribution in [3.63, 3.8) is 0 Å². The number of anilines is 1. The second kappa shape index (κ2) is 6.37. The minimum Gasteiger partial charge on any atom is -0.394 e. The average Bonchev–Trinajstić information content (AvgIpc) is 3.08. The number of hydrogen-bond acceptors (Lipinski definition) is 6. The van der Waals surface area contributed by atoms with Gasteiger partial charge in [0.15, 0.2) is 0 Å². The number of nitrogen functional groups attached to an aromatic ring is 1. The number of rotatable bonds is 4. The summed E-state index contributed by atoms with van der Waals surface area (Å²) >= 11 is 0. The molecule has 8 heteroatoms. The van der Waals surface area contributed by atoms with Crippen LogP contribution >= 0.6 is 0 Å². The van der Waals surface area contributed by atoms with Crippen LogP contribution in [0.1, 0.15) is 17.0 Å². The monoisotopic (exact) mass is 337 g/mol. The fourth-order valence-corrected chi connectivity index (χ4v) is 2.88. The van der Waals surface area contributed by atoms with Crippen molar-refractivity contribution in [2.75, 3.05) is 12.3 Å². The molecule has 0 radical (unpaired) electrons. The molecule has 0 aromatic carbocycles. The number of pyridine rings is 1. The molecule has 0 aliphatic rings. The highest BCUT2D eigenvalue weighted by Crippen LogP contribution is 2.33. The van der Waals surface area contributed by atoms with Gasteiger partial charge in [0.2, 0.25) is 0 Å². The van der Waals surface area contributed by atoms with E-state index in [-0.39, 0.29) is 12.4 Å². The van der Waals surface area contributed by atoms with E-state index >= 15 is 0 Å². The Balaban J connectivity index is 2.22. The molecule has 0 aliphatic heterocycles. The van der Waals surface area contributed by atoms with Crippen LogP contribution in [0.5, 0.6) is 0 Å². The van der Waals surface area contributed by atoms with Crippen molar-refractivity contribution in [3.8, 4) is 28.5 Å². The Morgan fingerprint density at radius 3 is 2.48 bits per heavy atom. The van der Waals surface area contributed by atoms with Gasteiger partial charge in [-0.25, -0.2) is 4.98 Å². The molecular weight excluding hydrogens is 318 g/mol. The second-order valence-electron chi connectivity index (χ2n) is 5.84. The molecule has 0 spiro atoms. The maximum Gasteiger partial charge on any atom is 0.142 e. The van der Waals surface area contributed by atoms with Gasteiger partial charge in [-0.3, -0.25) is 9.36 Å². The predicted molar refractivity (Wildman–Crippen MR) is 93.3 cm³/mol. The Kier molecular flexibility index (Phi) is 4.25. The van der Waals surface area contributed by atoms with E-state index in [4.69, 9.17) is 10.8 Å². The predicted octanol–water partition coefficient (Wildman–Crippen LogP) is 1.41. The van der Waals surface area contributed by atoms with Crippen LogP contribution in [0.15, 0.2) is 18.5 Å². The Morgan fingerprint density at radius 2 is 1.88 bits per heavy atom. The lowest BCUT2D eigenvalue weighted by Gasteiger charge is -2.09. The van der Waals surface area contributed by atoms with Crippen LogP contribution in [0.2, 0.25) is 0 Å². The van der Waals surface area contributed by atoms with Gasteiger partial charge in [0.25, 0.3) is 0 Å². The number of aryl methyl sites for hydroxylation is 3. The fraction of sp³-hybridized carbons (Fsp3) is 0.294. The molecule has 3 N–H and O–H groups in total. The standard InChI is InChI=1S/C17H19N7O/c1-10-14(9-24(22-10)4-5-25)12-6-16(20-17(19)13(12)7-18)15-8-23(3)21-11(15)2/h6,8-9,25H,4-5H2,1-3H3,(H2,19,20). The van der Waals surface area contributed by atoms with Crippen molar-refractivity contribution in [3.05, 3.63) is 35.4 Å². The highest BCUT2D eigenvalue weighted by molar-refractivity contribution is 5.81. The highest BCUT2D eigenvalue weighted by Gasteiger charge is 2.18. The van der Waals surface area contributed by atoms with E-state index in [9.17, 15) is 5.26 Å². The van der Waals surface area contributed by atoms with Gasteiger partial charge >= 0.3 is 0 Å². The fourth-order valence-electron chi connectivity index (χ4n) is 2.88. The molecule has 3 aromatic heterocycles. The lowest BCUT2D eigenvalue weighted by Crippen LogP contribution is -2.02. The number of nitriles is 1. The van der Waals surface area contributed by atoms with Crippen LogP contribution in [0.25, 0.3) is 22.4 Å². The zero-order chi connectivity index (χ0) is 18.1. The Bertz CT molecular complexity index is 978. The first kappa shape index (κ1) is 16.7. The lowest BCUT2D eigenvalue weighted by molar-refractivity contribution is 0.269. The summed E-state index contributed by atoms with van der Waals surface area (Å²) in [6, 6.07) is 3.97. The lowest BCUT2D eigenvalue weighted by atomic mass is 9.99. The molecule has 3 aromatic rings. The van der Waals surface area contributed by atoms with Gasteiger partial charge in [-0.05, 0) is 19.9 Å². The van der Waals surface area contributed by atoms with Gasteiger partial charge in [0, 0.05) is 36.1 Å². The first-order valence-electron chi connectivity index (χ1n) is 7.81. The summed E-state index contributed by atoms with van der Waals surface area (Å²) in [7, 11) is 1.84. The van der Waals surface area contributed by atoms with Gasteiger partial charge in [-0.15, -0.1) is 0 Å². The summed E-state index contributed by atoms with van der Waals surface area (Å²) in [5.74, 6) is 0.174. The molecule has 3 rings (SSSR count). The Labute approximate surface area is 145 Å². The highest BCUT2D eigenvalue weighted by atomic mass is 16.3. The third-order valence-electron chi connectivity index (χ3n) is 4.01. The van der Waals surface area contributed by atoms with Crippen molar-refractivity contribution in [1.82, 2.24) is 24.5 Å². The summed E-state index contributed by atoms with van der Waals surface area (Å²) in [4.78, 5) is 4.38. The molecule has 0 bridgehead atoms. The zero-order valence-electron chi connectivity index (χ0n) is 14.4. The second-order valence-corrected chi connectivity index (χ2v) is 5.84. The van der Waals surface area contributed by atoms with Gasteiger partial charge in [0.1, 0.15) is 17.5 Å².